The third kappa shape index (κ3) is 3.09. The van der Waals surface area contributed by atoms with Crippen molar-refractivity contribution in [2.45, 2.75) is 43.8 Å². The van der Waals surface area contributed by atoms with Crippen molar-refractivity contribution >= 4 is 22.7 Å². The molecule has 2 fully saturated rings. The van der Waals surface area contributed by atoms with Gasteiger partial charge in [-0.1, -0.05) is 12.8 Å². The summed E-state index contributed by atoms with van der Waals surface area (Å²) in [6.07, 6.45) is 9.26. The van der Waals surface area contributed by atoms with Gasteiger partial charge in [0.1, 0.15) is 0 Å². The van der Waals surface area contributed by atoms with Crippen molar-refractivity contribution in [2.24, 2.45) is 0 Å². The van der Waals surface area contributed by atoms with Crippen molar-refractivity contribution in [3.8, 4) is 0 Å². The molecule has 0 amide bonds. The molecular formula is C11H22S2. The minimum absolute atomic E-state index is 0.470. The Morgan fingerprint density at radius 3 is 2.08 bits per heavy atom. The molecule has 0 saturated carbocycles. The van der Waals surface area contributed by atoms with Crippen molar-refractivity contribution in [2.75, 3.05) is 23.0 Å². The summed E-state index contributed by atoms with van der Waals surface area (Å²) < 4.78 is 0. The first-order chi connectivity index (χ1) is 6.47. The Bertz CT molecular complexity index is 133. The van der Waals surface area contributed by atoms with E-state index in [0.29, 0.717) is 10.9 Å². The Kier molecular flexibility index (Phi) is 4.36. The van der Waals surface area contributed by atoms with Crippen molar-refractivity contribution < 1.29 is 0 Å². The fourth-order valence-corrected chi connectivity index (χ4v) is 7.17. The van der Waals surface area contributed by atoms with E-state index in [9.17, 15) is 0 Å². The predicted octanol–water partition coefficient (Wildman–Crippen LogP) is 3.46. The van der Waals surface area contributed by atoms with Gasteiger partial charge < -0.3 is 0 Å². The van der Waals surface area contributed by atoms with Crippen molar-refractivity contribution in [3.63, 3.8) is 0 Å². The largest absolute Gasteiger partial charge is 0.251 e. The minimum atomic E-state index is 0.470. The topological polar surface area (TPSA) is 0 Å². The average molecular weight is 218 g/mol. The molecule has 2 saturated heterocycles. The summed E-state index contributed by atoms with van der Waals surface area (Å²) in [5, 5.41) is 1.18. The molecule has 0 atom stereocenters. The summed E-state index contributed by atoms with van der Waals surface area (Å²) in [6, 6.07) is 0. The molecule has 2 aliphatic heterocycles. The van der Waals surface area contributed by atoms with Crippen LogP contribution in [0.25, 0.3) is 0 Å². The monoisotopic (exact) mass is 218 g/mol. The molecule has 2 heteroatoms. The van der Waals surface area contributed by atoms with Gasteiger partial charge in [0.15, 0.2) is 0 Å². The van der Waals surface area contributed by atoms with Crippen LogP contribution < -0.4 is 0 Å². The lowest BCUT2D eigenvalue weighted by atomic mass is 10.2. The van der Waals surface area contributed by atoms with Crippen LogP contribution in [-0.2, 0) is 0 Å². The van der Waals surface area contributed by atoms with Crippen LogP contribution in [0.15, 0.2) is 0 Å². The molecule has 0 N–H and O–H groups in total. The van der Waals surface area contributed by atoms with E-state index in [2.05, 4.69) is 11.8 Å². The van der Waals surface area contributed by atoms with Gasteiger partial charge in [-0.15, -0.1) is 0 Å². The van der Waals surface area contributed by atoms with E-state index in [4.69, 9.17) is 0 Å². The minimum Gasteiger partial charge on any atom is -0.251 e. The number of thiol groups is 1. The van der Waals surface area contributed by atoms with Gasteiger partial charge in [0.05, 0.1) is 0 Å². The van der Waals surface area contributed by atoms with Crippen LogP contribution in [0.5, 0.6) is 0 Å². The number of hydrogen-bond donors (Lipinski definition) is 1. The molecule has 0 unspecified atom stereocenters. The first-order valence-electron chi connectivity index (χ1n) is 5.78. The maximum absolute atomic E-state index is 2.18. The third-order valence-corrected chi connectivity index (χ3v) is 7.73. The van der Waals surface area contributed by atoms with E-state index in [-0.39, 0.29) is 0 Å². The zero-order valence-corrected chi connectivity index (χ0v) is 10.2. The van der Waals surface area contributed by atoms with Crippen molar-refractivity contribution in [3.05, 3.63) is 0 Å². The first-order valence-corrected chi connectivity index (χ1v) is 8.72. The van der Waals surface area contributed by atoms with Gasteiger partial charge in [0.2, 0.25) is 0 Å². The number of rotatable bonds is 1. The Morgan fingerprint density at radius 2 is 1.46 bits per heavy atom. The quantitative estimate of drug-likeness (QED) is 0.658. The summed E-state index contributed by atoms with van der Waals surface area (Å²) in [5.74, 6) is 6.16. The van der Waals surface area contributed by atoms with Gasteiger partial charge in [-0.05, 0) is 53.9 Å². The maximum atomic E-state index is 2.18. The highest BCUT2D eigenvalue weighted by molar-refractivity contribution is 8.17. The Hall–Kier alpha value is 0.700. The smallest absolute Gasteiger partial charge is 0.00576 e. The van der Waals surface area contributed by atoms with E-state index in [0.717, 1.165) is 0 Å². The summed E-state index contributed by atoms with van der Waals surface area (Å²) in [4.78, 5) is 0. The van der Waals surface area contributed by atoms with Crippen LogP contribution in [0, 0.1) is 0 Å². The molecule has 0 aromatic heterocycles. The molecule has 0 nitrogen and oxygen atoms in total. The highest BCUT2D eigenvalue weighted by Gasteiger charge is 2.21. The second-order valence-corrected chi connectivity index (χ2v) is 8.32. The zero-order chi connectivity index (χ0) is 8.93. The first kappa shape index (κ1) is 10.2. The van der Waals surface area contributed by atoms with Crippen LogP contribution in [0.3, 0.4) is 0 Å². The molecule has 0 radical (unpaired) electrons. The van der Waals surface area contributed by atoms with Crippen LogP contribution in [0.4, 0.5) is 0 Å². The van der Waals surface area contributed by atoms with Crippen LogP contribution in [0.1, 0.15) is 38.5 Å². The SMILES string of the molecule is C1CCC[SH](C2CCSCC2)CC1. The molecule has 0 aromatic carbocycles. The van der Waals surface area contributed by atoms with Gasteiger partial charge in [0, 0.05) is 0 Å². The van der Waals surface area contributed by atoms with E-state index >= 15 is 0 Å². The van der Waals surface area contributed by atoms with E-state index in [1.807, 2.05) is 0 Å². The number of hydrogen-bond acceptors (Lipinski definition) is 1. The van der Waals surface area contributed by atoms with Crippen molar-refractivity contribution in [1.82, 2.24) is 0 Å². The second kappa shape index (κ2) is 5.55. The molecule has 0 aromatic rings. The predicted molar refractivity (Wildman–Crippen MR) is 67.5 cm³/mol. The molecule has 78 valence electrons. The van der Waals surface area contributed by atoms with E-state index in [1.54, 1.807) is 37.2 Å². The van der Waals surface area contributed by atoms with Gasteiger partial charge in [0.25, 0.3) is 0 Å². The lowest BCUT2D eigenvalue weighted by molar-refractivity contribution is 0.726. The molecule has 2 heterocycles. The lowest BCUT2D eigenvalue weighted by Gasteiger charge is -2.32. The third-order valence-electron chi connectivity index (χ3n) is 3.35. The summed E-state index contributed by atoms with van der Waals surface area (Å²) in [6.45, 7) is 0. The summed E-state index contributed by atoms with van der Waals surface area (Å²) in [7, 11) is 0.470. The van der Waals surface area contributed by atoms with Crippen LogP contribution >= 0.6 is 22.7 Å². The average Bonchev–Trinajstić information content (AvgIpc) is 2.47. The van der Waals surface area contributed by atoms with E-state index in [1.165, 1.54) is 29.6 Å². The Balaban J connectivity index is 1.82. The van der Waals surface area contributed by atoms with Crippen LogP contribution in [-0.4, -0.2) is 28.3 Å². The molecular weight excluding hydrogens is 196 g/mol. The van der Waals surface area contributed by atoms with Crippen LogP contribution in [0.2, 0.25) is 0 Å². The zero-order valence-electron chi connectivity index (χ0n) is 8.50. The molecule has 2 rings (SSSR count). The molecule has 13 heavy (non-hydrogen) atoms. The summed E-state index contributed by atoms with van der Waals surface area (Å²) in [5.41, 5.74) is 0. The second-order valence-electron chi connectivity index (χ2n) is 4.29. The highest BCUT2D eigenvalue weighted by Crippen LogP contribution is 2.42. The lowest BCUT2D eigenvalue weighted by Crippen LogP contribution is -2.18. The van der Waals surface area contributed by atoms with Gasteiger partial charge in [-0.25, -0.2) is 0 Å². The fraction of sp³-hybridized carbons (Fsp3) is 1.00. The molecule has 0 bridgehead atoms. The summed E-state index contributed by atoms with van der Waals surface area (Å²) >= 11 is 2.18. The Labute approximate surface area is 89.6 Å². The highest BCUT2D eigenvalue weighted by atomic mass is 32.2. The van der Waals surface area contributed by atoms with Crippen molar-refractivity contribution in [1.29, 1.82) is 0 Å². The fourth-order valence-electron chi connectivity index (χ4n) is 2.51. The molecule has 0 spiro atoms. The normalized spacial score (nSPS) is 30.0. The van der Waals surface area contributed by atoms with Gasteiger partial charge in [-0.3, -0.25) is 10.9 Å². The molecule has 0 aliphatic carbocycles. The number of thioether (sulfide) groups is 1. The van der Waals surface area contributed by atoms with E-state index < -0.39 is 0 Å². The molecule has 2 aliphatic rings. The van der Waals surface area contributed by atoms with Gasteiger partial charge in [-0.2, -0.15) is 11.8 Å². The van der Waals surface area contributed by atoms with Gasteiger partial charge >= 0.3 is 0 Å². The standard InChI is InChI=1S/C11H22S2/c1-2-4-10-13(9-3-1)11-5-7-12-8-6-11/h11,13H,1-10H2. The maximum Gasteiger partial charge on any atom is -0.00576 e. The Morgan fingerprint density at radius 1 is 0.846 bits per heavy atom.